The van der Waals surface area contributed by atoms with Gasteiger partial charge in [0.2, 0.25) is 0 Å². The van der Waals surface area contributed by atoms with Gasteiger partial charge in [0.05, 0.1) is 28.2 Å². The number of quaternary nitrogens is 4. The van der Waals surface area contributed by atoms with Crippen molar-refractivity contribution in [3.63, 3.8) is 0 Å². The minimum Gasteiger partial charge on any atom is -1.00 e. The van der Waals surface area contributed by atoms with Gasteiger partial charge in [-0.15, -0.1) is 0 Å². The Balaban J connectivity index is -0.0000000156. The molecule has 14 heavy (non-hydrogen) atoms. The van der Waals surface area contributed by atoms with Crippen LogP contribution in [0.3, 0.4) is 0 Å². The highest BCUT2D eigenvalue weighted by Crippen LogP contribution is 2.03. The van der Waals surface area contributed by atoms with Crippen molar-refractivity contribution in [2.45, 2.75) is 0 Å². The summed E-state index contributed by atoms with van der Waals surface area (Å²) in [6.07, 6.45) is 0. The van der Waals surface area contributed by atoms with Gasteiger partial charge in [0.15, 0.2) is 0 Å². The molecule has 0 aromatic carbocycles. The van der Waals surface area contributed by atoms with Crippen LogP contribution in [0, 0.1) is 0 Å². The largest absolute Gasteiger partial charge is 1.00 e. The molecule has 0 aliphatic heterocycles. The fourth-order valence-electron chi connectivity index (χ4n) is 0. The summed E-state index contributed by atoms with van der Waals surface area (Å²) in [6, 6.07) is 0. The van der Waals surface area contributed by atoms with Gasteiger partial charge in [-0.05, 0) is 0 Å². The number of hydrogen-bond donors (Lipinski definition) is 4. The van der Waals surface area contributed by atoms with E-state index in [1.807, 2.05) is 0 Å². The van der Waals surface area contributed by atoms with E-state index in [1.54, 1.807) is 28.2 Å². The van der Waals surface area contributed by atoms with Crippen LogP contribution in [0.15, 0.2) is 0 Å². The zero-order chi connectivity index (χ0) is 12.5. The quantitative estimate of drug-likeness (QED) is 0.313. The van der Waals surface area contributed by atoms with Crippen molar-refractivity contribution < 1.29 is 54.6 Å². The third kappa shape index (κ3) is 26800. The Morgan fingerprint density at radius 3 is 0.714 bits per heavy atom. The van der Waals surface area contributed by atoms with Crippen LogP contribution in [0.4, 0.5) is 0 Å². The van der Waals surface area contributed by atoms with Gasteiger partial charge in [0.1, 0.15) is 0 Å². The average Bonchev–Trinajstić information content (AvgIpc) is 2.14. The monoisotopic (exact) mass is 258 g/mol. The van der Waals surface area contributed by atoms with Gasteiger partial charge >= 0.3 is 0 Å². The van der Waals surface area contributed by atoms with Crippen LogP contribution in [0.2, 0.25) is 0 Å². The van der Waals surface area contributed by atoms with Crippen molar-refractivity contribution >= 4 is 7.82 Å². The van der Waals surface area contributed by atoms with Crippen molar-refractivity contribution in [3.05, 3.63) is 0 Å². The minimum absolute atomic E-state index is 0. The molecule has 0 rings (SSSR count). The average molecular weight is 259 g/mol. The summed E-state index contributed by atoms with van der Waals surface area (Å²) < 4.78 is 8.55. The second kappa shape index (κ2) is 50.9. The molecule has 0 radical (unpaired) electrons. The van der Waals surface area contributed by atoms with Crippen LogP contribution in [0.5, 0.6) is 0 Å². The van der Waals surface area contributed by atoms with Crippen LogP contribution < -0.4 is 50.0 Å². The lowest BCUT2D eigenvalue weighted by Crippen LogP contribution is -3.00. The summed E-state index contributed by atoms with van der Waals surface area (Å²) in [5.74, 6) is 0. The van der Waals surface area contributed by atoms with E-state index in [-0.39, 0.29) is 12.4 Å². The Hall–Kier alpha value is 0.240. The van der Waals surface area contributed by atoms with Crippen LogP contribution in [0.1, 0.15) is 0 Å². The summed E-state index contributed by atoms with van der Waals surface area (Å²) in [5.41, 5.74) is 13.0. The first-order valence-electron chi connectivity index (χ1n) is 3.56. The summed E-state index contributed by atoms with van der Waals surface area (Å²) in [4.78, 5) is 25.6. The van der Waals surface area contributed by atoms with Crippen molar-refractivity contribution in [1.82, 2.24) is 0 Å². The van der Waals surface area contributed by atoms with Gasteiger partial charge in [0.25, 0.3) is 0 Å². The smallest absolute Gasteiger partial charge is 0.0634 e. The van der Waals surface area contributed by atoms with Crippen LogP contribution in [0.25, 0.3) is 0 Å². The Labute approximate surface area is 91.3 Å². The second-order valence-electron chi connectivity index (χ2n) is 0.447. The molecule has 0 aromatic rings. The lowest BCUT2D eigenvalue weighted by atomic mass is 11.6. The fraction of sp³-hybridized carbons (Fsp3) is 1.00. The van der Waals surface area contributed by atoms with Gasteiger partial charge in [0, 0.05) is 0 Å². The molecule has 12 N–H and O–H groups in total. The lowest BCUT2D eigenvalue weighted by molar-refractivity contribution is -0.432. The Morgan fingerprint density at radius 2 is 0.714 bits per heavy atom. The first kappa shape index (κ1) is 36.8. The van der Waals surface area contributed by atoms with E-state index in [9.17, 15) is 0 Å². The van der Waals surface area contributed by atoms with Crippen molar-refractivity contribution in [2.75, 3.05) is 28.2 Å². The van der Waals surface area contributed by atoms with E-state index < -0.39 is 7.82 Å². The summed E-state index contributed by atoms with van der Waals surface area (Å²) in [5, 5.41) is 0. The molecule has 96 valence electrons. The van der Waals surface area contributed by atoms with Crippen molar-refractivity contribution in [3.8, 4) is 0 Å². The molecular formula is C4H24ClN4O4P. The summed E-state index contributed by atoms with van der Waals surface area (Å²) in [7, 11) is 1.61. The molecule has 0 saturated carbocycles. The van der Waals surface area contributed by atoms with Gasteiger partial charge in [-0.2, -0.15) is 7.82 Å². The van der Waals surface area contributed by atoms with Gasteiger partial charge in [-0.25, -0.2) is 0 Å². The van der Waals surface area contributed by atoms with Gasteiger partial charge in [-0.3, -0.25) is 0 Å². The Kier molecular flexibility index (Phi) is 134. The van der Waals surface area contributed by atoms with E-state index in [1.165, 1.54) is 0 Å². The predicted molar refractivity (Wildman–Crippen MR) is 42.9 cm³/mol. The molecule has 0 amide bonds. The number of phosphoric acid groups is 1. The lowest BCUT2D eigenvalue weighted by Gasteiger charge is -2.36. The molecule has 0 atom stereocenters. The van der Waals surface area contributed by atoms with E-state index in [2.05, 4.69) is 22.9 Å². The van der Waals surface area contributed by atoms with Crippen LogP contribution >= 0.6 is 7.82 Å². The minimum atomic E-state index is -5.39. The molecular weight excluding hydrogens is 234 g/mol. The highest BCUT2D eigenvalue weighted by molar-refractivity contribution is 7.40. The van der Waals surface area contributed by atoms with Crippen LogP contribution in [-0.4, -0.2) is 28.2 Å². The third-order valence-corrected chi connectivity index (χ3v) is 0. The first-order chi connectivity index (χ1) is 6.00. The van der Waals surface area contributed by atoms with E-state index in [0.29, 0.717) is 0 Å². The third-order valence-electron chi connectivity index (χ3n) is 0. The second-order valence-corrected chi connectivity index (χ2v) is 1.34. The molecule has 0 aliphatic rings. The molecule has 0 unspecified atom stereocenters. The SMILES string of the molecule is C[NH3+].C[NH3+].C[NH3+].C[NH3+].O=P([O-])([O-])[O-].[Cl-]. The van der Waals surface area contributed by atoms with E-state index in [4.69, 9.17) is 19.2 Å². The van der Waals surface area contributed by atoms with Crippen molar-refractivity contribution in [1.29, 1.82) is 0 Å². The molecule has 8 nitrogen and oxygen atoms in total. The van der Waals surface area contributed by atoms with E-state index >= 15 is 0 Å². The zero-order valence-electron chi connectivity index (χ0n) is 9.29. The van der Waals surface area contributed by atoms with Crippen molar-refractivity contribution in [2.24, 2.45) is 0 Å². The standard InChI is InChI=1S/4CH5N.ClH.H3O4P/c4*1-2;;1-5(2,3)4/h4*2H2,1H3;1H;(H3,1,2,3,4). The number of halogens is 1. The topological polar surface area (TPSA) is 197 Å². The maximum absolute atomic E-state index is 8.55. The molecule has 0 fully saturated rings. The van der Waals surface area contributed by atoms with Gasteiger partial charge in [-0.1, -0.05) is 0 Å². The molecule has 0 saturated heterocycles. The summed E-state index contributed by atoms with van der Waals surface area (Å²) >= 11 is 0. The molecule has 0 aliphatic carbocycles. The fourth-order valence-corrected chi connectivity index (χ4v) is 0. The predicted octanol–water partition coefficient (Wildman–Crippen LogP) is -10.4. The maximum atomic E-state index is 8.55. The molecule has 10 heteroatoms. The Morgan fingerprint density at radius 1 is 0.714 bits per heavy atom. The van der Waals surface area contributed by atoms with Gasteiger partial charge < -0.3 is 54.6 Å². The maximum Gasteiger partial charge on any atom is 0.0634 e. The highest BCUT2D eigenvalue weighted by Gasteiger charge is 1.44. The summed E-state index contributed by atoms with van der Waals surface area (Å²) in [6.45, 7) is 0. The highest BCUT2D eigenvalue weighted by atomic mass is 35.5. The Bertz CT molecular complexity index is 75.5. The van der Waals surface area contributed by atoms with E-state index in [0.717, 1.165) is 0 Å². The molecule has 0 heterocycles. The molecule has 0 spiro atoms. The number of hydrogen-bond acceptors (Lipinski definition) is 4. The first-order valence-corrected chi connectivity index (χ1v) is 5.02. The normalized spacial score (nSPS) is 5.93. The molecule has 0 bridgehead atoms. The zero-order valence-corrected chi connectivity index (χ0v) is 10.9. The van der Waals surface area contributed by atoms with Crippen LogP contribution in [-0.2, 0) is 4.57 Å². The molecule has 0 aromatic heterocycles. The number of rotatable bonds is 0.